The van der Waals surface area contributed by atoms with Crippen molar-refractivity contribution >= 4 is 5.97 Å². The molecule has 1 saturated carbocycles. The predicted molar refractivity (Wildman–Crippen MR) is 68.0 cm³/mol. The standard InChI is InChI=1S/C15H20O5/c1-8-4-5-11-9(2)12(16)17-13-15(11)10(8)6-7-14(3,18-13)19-20-15/h8,10-11,13H,2,4-7H2,1,3H3/t8-,10?,11+,13?,14-,15-/m1/s1. The molecule has 0 aromatic heterocycles. The topological polar surface area (TPSA) is 54.0 Å². The summed E-state index contributed by atoms with van der Waals surface area (Å²) in [6.45, 7) is 8.00. The first kappa shape index (κ1) is 12.8. The molecular formula is C15H20O5. The molecule has 0 aromatic rings. The Kier molecular flexibility index (Phi) is 2.46. The van der Waals surface area contributed by atoms with Crippen LogP contribution >= 0.6 is 0 Å². The summed E-state index contributed by atoms with van der Waals surface area (Å²) in [5.41, 5.74) is -0.213. The maximum Gasteiger partial charge on any atom is 0.336 e. The zero-order valence-corrected chi connectivity index (χ0v) is 11.9. The van der Waals surface area contributed by atoms with Crippen molar-refractivity contribution in [2.45, 2.75) is 57.2 Å². The molecule has 0 N–H and O–H groups in total. The first-order valence-corrected chi connectivity index (χ1v) is 7.41. The number of hydrogen-bond acceptors (Lipinski definition) is 5. The molecule has 5 aliphatic rings. The van der Waals surface area contributed by atoms with E-state index in [1.54, 1.807) is 0 Å². The summed E-state index contributed by atoms with van der Waals surface area (Å²) in [5.74, 6) is -0.501. The predicted octanol–water partition coefficient (Wildman–Crippen LogP) is 2.32. The Morgan fingerprint density at radius 3 is 2.85 bits per heavy atom. The Hall–Kier alpha value is -0.910. The third-order valence-electron chi connectivity index (χ3n) is 5.62. The van der Waals surface area contributed by atoms with Crippen LogP contribution in [0.5, 0.6) is 0 Å². The van der Waals surface area contributed by atoms with Crippen LogP contribution in [0.1, 0.15) is 39.5 Å². The van der Waals surface area contributed by atoms with Crippen LogP contribution in [0.3, 0.4) is 0 Å². The second kappa shape index (κ2) is 3.84. The Bertz CT molecular complexity index is 489. The lowest BCUT2D eigenvalue weighted by molar-refractivity contribution is -0.554. The van der Waals surface area contributed by atoms with Crippen LogP contribution in [0, 0.1) is 17.8 Å². The van der Waals surface area contributed by atoms with E-state index in [2.05, 4.69) is 13.5 Å². The van der Waals surface area contributed by atoms with Crippen molar-refractivity contribution < 1.29 is 24.0 Å². The Labute approximate surface area is 118 Å². The molecule has 2 unspecified atom stereocenters. The van der Waals surface area contributed by atoms with Crippen LogP contribution in [0.2, 0.25) is 0 Å². The first-order valence-electron chi connectivity index (χ1n) is 7.41. The molecule has 5 rings (SSSR count). The molecular weight excluding hydrogens is 260 g/mol. The summed E-state index contributed by atoms with van der Waals surface area (Å²) < 4.78 is 11.5. The summed E-state index contributed by atoms with van der Waals surface area (Å²) in [5, 5.41) is 0. The summed E-state index contributed by atoms with van der Waals surface area (Å²) in [4.78, 5) is 23.5. The van der Waals surface area contributed by atoms with E-state index in [4.69, 9.17) is 19.2 Å². The summed E-state index contributed by atoms with van der Waals surface area (Å²) in [6.07, 6.45) is 2.95. The van der Waals surface area contributed by atoms with Gasteiger partial charge in [-0.2, -0.15) is 0 Å². The average molecular weight is 280 g/mol. The molecule has 0 aromatic carbocycles. The Balaban J connectivity index is 1.86. The maximum atomic E-state index is 12.0. The second-order valence-electron chi connectivity index (χ2n) is 6.79. The van der Waals surface area contributed by atoms with Gasteiger partial charge >= 0.3 is 5.97 Å². The fourth-order valence-corrected chi connectivity index (χ4v) is 4.46. The average Bonchev–Trinajstić information content (AvgIpc) is 2.63. The number of ether oxygens (including phenoxy) is 2. The molecule has 20 heavy (non-hydrogen) atoms. The molecule has 1 aliphatic carbocycles. The van der Waals surface area contributed by atoms with E-state index in [1.807, 2.05) is 6.92 Å². The molecule has 0 radical (unpaired) electrons. The van der Waals surface area contributed by atoms with Crippen LogP contribution in [0.4, 0.5) is 0 Å². The molecule has 5 nitrogen and oxygen atoms in total. The number of esters is 1. The second-order valence-corrected chi connectivity index (χ2v) is 6.79. The lowest BCUT2D eigenvalue weighted by Crippen LogP contribution is -2.68. The third kappa shape index (κ3) is 1.41. The normalized spacial score (nSPS) is 54.1. The highest BCUT2D eigenvalue weighted by molar-refractivity contribution is 5.89. The van der Waals surface area contributed by atoms with Gasteiger partial charge in [-0.05, 0) is 32.1 Å². The van der Waals surface area contributed by atoms with Crippen molar-refractivity contribution in [2.24, 2.45) is 17.8 Å². The minimum absolute atomic E-state index is 0.0717. The van der Waals surface area contributed by atoms with Gasteiger partial charge in [-0.15, -0.1) is 0 Å². The Morgan fingerprint density at radius 2 is 2.05 bits per heavy atom. The maximum absolute atomic E-state index is 12.0. The fraction of sp³-hybridized carbons (Fsp3) is 0.800. The van der Waals surface area contributed by atoms with E-state index in [0.29, 0.717) is 11.5 Å². The highest BCUT2D eigenvalue weighted by Crippen LogP contribution is 2.59. The molecule has 6 atom stereocenters. The lowest BCUT2D eigenvalue weighted by Gasteiger charge is -2.56. The lowest BCUT2D eigenvalue weighted by atomic mass is 9.59. The molecule has 4 aliphatic heterocycles. The van der Waals surface area contributed by atoms with Gasteiger partial charge in [0.2, 0.25) is 12.1 Å². The van der Waals surface area contributed by atoms with Crippen molar-refractivity contribution in [3.05, 3.63) is 12.2 Å². The minimum atomic E-state index is -0.823. The van der Waals surface area contributed by atoms with E-state index in [9.17, 15) is 4.79 Å². The highest BCUT2D eigenvalue weighted by Gasteiger charge is 2.69. The fourth-order valence-electron chi connectivity index (χ4n) is 4.46. The SMILES string of the molecule is C=C1C(=O)OC2O[C@@]3(C)CCC4[C@H](C)CC[C@@H]1[C@@]24OO3. The number of hydrogen-bond donors (Lipinski definition) is 0. The number of rotatable bonds is 0. The molecule has 110 valence electrons. The molecule has 4 heterocycles. The van der Waals surface area contributed by atoms with Crippen LogP contribution in [-0.4, -0.2) is 23.6 Å². The number of carbonyl (C=O) groups excluding carboxylic acids is 1. The smallest absolute Gasteiger partial charge is 0.336 e. The van der Waals surface area contributed by atoms with Gasteiger partial charge in [0.25, 0.3) is 0 Å². The minimum Gasteiger partial charge on any atom is -0.429 e. The van der Waals surface area contributed by atoms with E-state index in [1.165, 1.54) is 0 Å². The van der Waals surface area contributed by atoms with Gasteiger partial charge in [0.15, 0.2) is 5.60 Å². The zero-order valence-electron chi connectivity index (χ0n) is 11.9. The quantitative estimate of drug-likeness (QED) is 0.387. The van der Waals surface area contributed by atoms with Crippen LogP contribution in [-0.2, 0) is 24.0 Å². The summed E-state index contributed by atoms with van der Waals surface area (Å²) in [7, 11) is 0. The van der Waals surface area contributed by atoms with Gasteiger partial charge in [0.05, 0.1) is 0 Å². The van der Waals surface area contributed by atoms with Gasteiger partial charge in [-0.1, -0.05) is 13.5 Å². The van der Waals surface area contributed by atoms with Crippen molar-refractivity contribution in [3.63, 3.8) is 0 Å². The van der Waals surface area contributed by atoms with Crippen molar-refractivity contribution in [1.29, 1.82) is 0 Å². The van der Waals surface area contributed by atoms with Gasteiger partial charge in [0.1, 0.15) is 0 Å². The molecule has 5 fully saturated rings. The van der Waals surface area contributed by atoms with E-state index in [0.717, 1.165) is 25.7 Å². The molecule has 4 saturated heterocycles. The number of fused-ring (bicyclic) bond motifs is 2. The summed E-state index contributed by atoms with van der Waals surface area (Å²) in [6, 6.07) is 0. The van der Waals surface area contributed by atoms with Gasteiger partial charge < -0.3 is 9.47 Å². The molecule has 0 amide bonds. The van der Waals surface area contributed by atoms with Crippen LogP contribution in [0.15, 0.2) is 12.2 Å². The van der Waals surface area contributed by atoms with Crippen molar-refractivity contribution in [1.82, 2.24) is 0 Å². The highest BCUT2D eigenvalue weighted by atomic mass is 17.3. The molecule has 5 heteroatoms. The van der Waals surface area contributed by atoms with E-state index >= 15 is 0 Å². The van der Waals surface area contributed by atoms with Crippen LogP contribution in [0.25, 0.3) is 0 Å². The van der Waals surface area contributed by atoms with Crippen molar-refractivity contribution in [2.75, 3.05) is 0 Å². The van der Waals surface area contributed by atoms with Crippen molar-refractivity contribution in [3.8, 4) is 0 Å². The molecule has 1 spiro atoms. The zero-order chi connectivity index (χ0) is 14.1. The molecule has 2 bridgehead atoms. The van der Waals surface area contributed by atoms with Gasteiger partial charge in [-0.3, -0.25) is 0 Å². The third-order valence-corrected chi connectivity index (χ3v) is 5.62. The number of carbonyl (C=O) groups is 1. The summed E-state index contributed by atoms with van der Waals surface area (Å²) >= 11 is 0. The van der Waals surface area contributed by atoms with Gasteiger partial charge in [0, 0.05) is 23.8 Å². The largest absolute Gasteiger partial charge is 0.429 e. The van der Waals surface area contributed by atoms with Crippen LogP contribution < -0.4 is 0 Å². The van der Waals surface area contributed by atoms with Gasteiger partial charge in [-0.25, -0.2) is 14.6 Å². The van der Waals surface area contributed by atoms with E-state index < -0.39 is 17.7 Å². The Morgan fingerprint density at radius 1 is 1.25 bits per heavy atom. The first-order chi connectivity index (χ1) is 9.46. The monoisotopic (exact) mass is 280 g/mol. The van der Waals surface area contributed by atoms with E-state index in [-0.39, 0.29) is 17.8 Å².